The molecule has 1 heterocycles. The summed E-state index contributed by atoms with van der Waals surface area (Å²) < 4.78 is 41.3. The van der Waals surface area contributed by atoms with Crippen molar-refractivity contribution in [1.29, 1.82) is 0 Å². The Morgan fingerprint density at radius 1 is 1.39 bits per heavy atom. The largest absolute Gasteiger partial charge is 0.490 e. The van der Waals surface area contributed by atoms with Gasteiger partial charge in [-0.05, 0) is 25.0 Å². The molecular formula is C12H17F3N2O. The van der Waals surface area contributed by atoms with Crippen LogP contribution >= 0.6 is 0 Å². The van der Waals surface area contributed by atoms with E-state index in [-0.39, 0.29) is 13.0 Å². The molecule has 0 radical (unpaired) electrons. The molecule has 1 aromatic heterocycles. The van der Waals surface area contributed by atoms with Crippen LogP contribution in [-0.2, 0) is 0 Å². The lowest BCUT2D eigenvalue weighted by atomic mass is 10.3. The minimum atomic E-state index is -4.10. The lowest BCUT2D eigenvalue weighted by Gasteiger charge is -2.12. The highest BCUT2D eigenvalue weighted by Gasteiger charge is 2.25. The molecule has 0 fully saturated rings. The van der Waals surface area contributed by atoms with Gasteiger partial charge >= 0.3 is 6.18 Å². The van der Waals surface area contributed by atoms with Crippen molar-refractivity contribution in [2.24, 2.45) is 0 Å². The number of hydrogen-bond donors (Lipinski definition) is 1. The molecule has 1 rings (SSSR count). The van der Waals surface area contributed by atoms with E-state index in [9.17, 15) is 13.2 Å². The number of alkyl halides is 3. The van der Waals surface area contributed by atoms with E-state index in [2.05, 4.69) is 10.3 Å². The molecule has 0 aliphatic heterocycles. The van der Waals surface area contributed by atoms with E-state index in [0.717, 1.165) is 6.42 Å². The fourth-order valence-electron chi connectivity index (χ4n) is 1.35. The maximum atomic E-state index is 12.0. The maximum absolute atomic E-state index is 12.0. The molecule has 0 saturated carbocycles. The number of rotatable bonds is 7. The van der Waals surface area contributed by atoms with Crippen molar-refractivity contribution in [3.63, 3.8) is 0 Å². The van der Waals surface area contributed by atoms with Crippen molar-refractivity contribution in [2.75, 3.05) is 18.5 Å². The molecule has 0 bridgehead atoms. The summed E-state index contributed by atoms with van der Waals surface area (Å²) in [5.74, 6) is 1.07. The second-order valence-corrected chi connectivity index (χ2v) is 3.84. The third kappa shape index (κ3) is 5.75. The molecule has 0 aromatic carbocycles. The number of pyridine rings is 1. The standard InChI is InChI=1S/C12H17F3N2O/c1-2-9-18-10-5-3-7-16-11(10)17-8-4-6-12(13,14)15/h3,5,7H,2,4,6,8-9H2,1H3,(H,16,17). The molecular weight excluding hydrogens is 245 g/mol. The van der Waals surface area contributed by atoms with E-state index in [4.69, 9.17) is 4.74 Å². The molecule has 0 spiro atoms. The van der Waals surface area contributed by atoms with Gasteiger partial charge < -0.3 is 10.1 Å². The zero-order chi connectivity index (χ0) is 13.4. The fourth-order valence-corrected chi connectivity index (χ4v) is 1.35. The summed E-state index contributed by atoms with van der Waals surface area (Å²) in [4.78, 5) is 4.05. The smallest absolute Gasteiger partial charge is 0.389 e. The molecule has 1 N–H and O–H groups in total. The molecule has 0 aliphatic rings. The van der Waals surface area contributed by atoms with Crippen LogP contribution in [0.5, 0.6) is 5.75 Å². The molecule has 0 unspecified atom stereocenters. The summed E-state index contributed by atoms with van der Waals surface area (Å²) in [6, 6.07) is 3.47. The number of halogens is 3. The van der Waals surface area contributed by atoms with E-state index in [0.29, 0.717) is 18.2 Å². The summed E-state index contributed by atoms with van der Waals surface area (Å²) in [6.07, 6.45) is -2.44. The first-order valence-corrected chi connectivity index (χ1v) is 5.91. The first-order valence-electron chi connectivity index (χ1n) is 5.91. The number of aromatic nitrogens is 1. The van der Waals surface area contributed by atoms with Crippen LogP contribution < -0.4 is 10.1 Å². The van der Waals surface area contributed by atoms with Gasteiger partial charge in [-0.1, -0.05) is 6.92 Å². The minimum Gasteiger partial charge on any atom is -0.490 e. The van der Waals surface area contributed by atoms with Gasteiger partial charge in [0.1, 0.15) is 0 Å². The van der Waals surface area contributed by atoms with Crippen LogP contribution in [0, 0.1) is 0 Å². The average Bonchev–Trinajstić information content (AvgIpc) is 2.32. The second-order valence-electron chi connectivity index (χ2n) is 3.84. The first kappa shape index (κ1) is 14.6. The van der Waals surface area contributed by atoms with Crippen molar-refractivity contribution < 1.29 is 17.9 Å². The molecule has 3 nitrogen and oxygen atoms in total. The fraction of sp³-hybridized carbons (Fsp3) is 0.583. The Labute approximate surface area is 104 Å². The van der Waals surface area contributed by atoms with Crippen LogP contribution in [0.4, 0.5) is 19.0 Å². The van der Waals surface area contributed by atoms with Crippen molar-refractivity contribution in [3.05, 3.63) is 18.3 Å². The molecule has 1 aromatic rings. The second kappa shape index (κ2) is 7.08. The minimum absolute atomic E-state index is 0.0211. The number of hydrogen-bond acceptors (Lipinski definition) is 3. The van der Waals surface area contributed by atoms with Crippen molar-refractivity contribution in [1.82, 2.24) is 4.98 Å². The van der Waals surface area contributed by atoms with Gasteiger partial charge in [-0.2, -0.15) is 13.2 Å². The Bertz CT molecular complexity index is 355. The summed E-state index contributed by atoms with van der Waals surface area (Å²) in [6.45, 7) is 2.76. The van der Waals surface area contributed by atoms with Gasteiger partial charge in [0.2, 0.25) is 0 Å². The van der Waals surface area contributed by atoms with E-state index in [1.54, 1.807) is 18.3 Å². The number of nitrogens with one attached hydrogen (secondary N) is 1. The Kier molecular flexibility index (Phi) is 5.74. The molecule has 0 saturated heterocycles. The highest BCUT2D eigenvalue weighted by molar-refractivity contribution is 5.49. The van der Waals surface area contributed by atoms with Crippen LogP contribution in [0.25, 0.3) is 0 Å². The van der Waals surface area contributed by atoms with Crippen LogP contribution in [-0.4, -0.2) is 24.3 Å². The number of anilines is 1. The Balaban J connectivity index is 2.41. The van der Waals surface area contributed by atoms with Gasteiger partial charge in [0, 0.05) is 19.2 Å². The van der Waals surface area contributed by atoms with Crippen molar-refractivity contribution in [2.45, 2.75) is 32.4 Å². The predicted molar refractivity (Wildman–Crippen MR) is 63.8 cm³/mol. The monoisotopic (exact) mass is 262 g/mol. The van der Waals surface area contributed by atoms with Gasteiger partial charge in [-0.3, -0.25) is 0 Å². The topological polar surface area (TPSA) is 34.1 Å². The summed E-state index contributed by atoms with van der Waals surface area (Å²) in [5.41, 5.74) is 0. The zero-order valence-corrected chi connectivity index (χ0v) is 10.3. The number of nitrogens with zero attached hydrogens (tertiary/aromatic N) is 1. The van der Waals surface area contributed by atoms with E-state index in [1.165, 1.54) is 0 Å². The predicted octanol–water partition coefficient (Wildman–Crippen LogP) is 3.62. The molecule has 102 valence electrons. The lowest BCUT2D eigenvalue weighted by Crippen LogP contribution is -2.12. The Morgan fingerprint density at radius 2 is 2.17 bits per heavy atom. The molecule has 0 atom stereocenters. The zero-order valence-electron chi connectivity index (χ0n) is 10.3. The van der Waals surface area contributed by atoms with E-state index in [1.807, 2.05) is 6.92 Å². The van der Waals surface area contributed by atoms with Crippen LogP contribution in [0.1, 0.15) is 26.2 Å². The van der Waals surface area contributed by atoms with E-state index >= 15 is 0 Å². The SMILES string of the molecule is CCCOc1cccnc1NCCCC(F)(F)F. The quantitative estimate of drug-likeness (QED) is 0.762. The third-order valence-corrected chi connectivity index (χ3v) is 2.16. The summed E-state index contributed by atoms with van der Waals surface area (Å²) in [7, 11) is 0. The van der Waals surface area contributed by atoms with Gasteiger partial charge in [-0.25, -0.2) is 4.98 Å². The normalized spacial score (nSPS) is 11.3. The average molecular weight is 262 g/mol. The molecule has 18 heavy (non-hydrogen) atoms. The molecule has 0 amide bonds. The van der Waals surface area contributed by atoms with Crippen LogP contribution in [0.2, 0.25) is 0 Å². The highest BCUT2D eigenvalue weighted by Crippen LogP contribution is 2.23. The molecule has 6 heteroatoms. The first-order chi connectivity index (χ1) is 8.53. The summed E-state index contributed by atoms with van der Waals surface area (Å²) >= 11 is 0. The highest BCUT2D eigenvalue weighted by atomic mass is 19.4. The van der Waals surface area contributed by atoms with E-state index < -0.39 is 12.6 Å². The molecule has 0 aliphatic carbocycles. The summed E-state index contributed by atoms with van der Waals surface area (Å²) in [5, 5.41) is 2.86. The van der Waals surface area contributed by atoms with Crippen molar-refractivity contribution >= 4 is 5.82 Å². The third-order valence-electron chi connectivity index (χ3n) is 2.16. The van der Waals surface area contributed by atoms with Crippen LogP contribution in [0.15, 0.2) is 18.3 Å². The van der Waals surface area contributed by atoms with Gasteiger partial charge in [0.05, 0.1) is 6.61 Å². The maximum Gasteiger partial charge on any atom is 0.389 e. The Hall–Kier alpha value is -1.46. The van der Waals surface area contributed by atoms with Crippen LogP contribution in [0.3, 0.4) is 0 Å². The lowest BCUT2D eigenvalue weighted by molar-refractivity contribution is -0.134. The Morgan fingerprint density at radius 3 is 2.83 bits per heavy atom. The van der Waals surface area contributed by atoms with Gasteiger partial charge in [0.25, 0.3) is 0 Å². The van der Waals surface area contributed by atoms with Gasteiger partial charge in [-0.15, -0.1) is 0 Å². The number of ether oxygens (including phenoxy) is 1. The van der Waals surface area contributed by atoms with Crippen molar-refractivity contribution in [3.8, 4) is 5.75 Å². The van der Waals surface area contributed by atoms with Gasteiger partial charge in [0.15, 0.2) is 11.6 Å².